The minimum Gasteiger partial charge on any atom is -0.354 e. The molecule has 5 heteroatoms. The number of amides is 2. The molecular weight excluding hydrogens is 300 g/mol. The fourth-order valence-electron chi connectivity index (χ4n) is 2.44. The molecule has 0 unspecified atom stereocenters. The number of urea groups is 1. The van der Waals surface area contributed by atoms with Crippen molar-refractivity contribution < 1.29 is 4.79 Å². The highest BCUT2D eigenvalue weighted by molar-refractivity contribution is 5.88. The van der Waals surface area contributed by atoms with Gasteiger partial charge in [-0.2, -0.15) is 0 Å². The summed E-state index contributed by atoms with van der Waals surface area (Å²) in [6, 6.07) is 9.84. The Morgan fingerprint density at radius 3 is 2.42 bits per heavy atom. The highest BCUT2D eigenvalue weighted by atomic mass is 16.2. The summed E-state index contributed by atoms with van der Waals surface area (Å²) >= 11 is 0. The number of para-hydroxylation sites is 1. The molecule has 0 radical (unpaired) electrons. The van der Waals surface area contributed by atoms with Gasteiger partial charge in [0.25, 0.3) is 0 Å². The topological polar surface area (TPSA) is 66.0 Å². The Morgan fingerprint density at radius 2 is 1.83 bits per heavy atom. The summed E-state index contributed by atoms with van der Waals surface area (Å²) in [4.78, 5) is 16.0. The standard InChI is InChI=1S/C19H26N4O/c1-12(2)16-8-6-7-14(5)18(16)22-15-9-10-17(20-11-15)23-19(24)21-13(3)4/h6-13,22H,1-5H3,(H2,20,21,23,24). The summed E-state index contributed by atoms with van der Waals surface area (Å²) in [5.41, 5.74) is 4.47. The van der Waals surface area contributed by atoms with Crippen LogP contribution < -0.4 is 16.0 Å². The van der Waals surface area contributed by atoms with Crippen molar-refractivity contribution in [3.8, 4) is 0 Å². The predicted molar refractivity (Wildman–Crippen MR) is 100 cm³/mol. The van der Waals surface area contributed by atoms with Crippen LogP contribution in [0.3, 0.4) is 0 Å². The molecule has 3 N–H and O–H groups in total. The maximum Gasteiger partial charge on any atom is 0.320 e. The summed E-state index contributed by atoms with van der Waals surface area (Å²) in [5, 5.41) is 8.93. The fraction of sp³-hybridized carbons (Fsp3) is 0.368. The van der Waals surface area contributed by atoms with Crippen molar-refractivity contribution in [2.45, 2.75) is 46.6 Å². The molecule has 2 rings (SSSR count). The number of pyridine rings is 1. The first kappa shape index (κ1) is 17.8. The zero-order valence-electron chi connectivity index (χ0n) is 15.0. The van der Waals surface area contributed by atoms with E-state index in [9.17, 15) is 4.79 Å². The lowest BCUT2D eigenvalue weighted by atomic mass is 9.98. The highest BCUT2D eigenvalue weighted by Crippen LogP contribution is 2.30. The van der Waals surface area contributed by atoms with Gasteiger partial charge in [0.1, 0.15) is 5.82 Å². The van der Waals surface area contributed by atoms with Crippen molar-refractivity contribution in [3.63, 3.8) is 0 Å². The zero-order valence-corrected chi connectivity index (χ0v) is 15.0. The average molecular weight is 326 g/mol. The van der Waals surface area contributed by atoms with Gasteiger partial charge in [0, 0.05) is 11.7 Å². The van der Waals surface area contributed by atoms with Gasteiger partial charge < -0.3 is 10.6 Å². The molecule has 0 aliphatic heterocycles. The summed E-state index contributed by atoms with van der Waals surface area (Å²) in [6.07, 6.45) is 1.72. The Morgan fingerprint density at radius 1 is 1.08 bits per heavy atom. The van der Waals surface area contributed by atoms with Crippen LogP contribution in [0.2, 0.25) is 0 Å². The van der Waals surface area contributed by atoms with Crippen LogP contribution in [0.4, 0.5) is 22.0 Å². The Bertz CT molecular complexity index is 693. The van der Waals surface area contributed by atoms with E-state index in [1.807, 2.05) is 19.9 Å². The third kappa shape index (κ3) is 4.72. The number of carbonyl (C=O) groups is 1. The molecule has 0 spiro atoms. The van der Waals surface area contributed by atoms with Crippen molar-refractivity contribution >= 4 is 23.2 Å². The largest absolute Gasteiger partial charge is 0.354 e. The van der Waals surface area contributed by atoms with Crippen LogP contribution in [0.25, 0.3) is 0 Å². The summed E-state index contributed by atoms with van der Waals surface area (Å²) < 4.78 is 0. The third-order valence-corrected chi connectivity index (χ3v) is 3.62. The lowest BCUT2D eigenvalue weighted by molar-refractivity contribution is 0.250. The molecule has 128 valence electrons. The maximum atomic E-state index is 11.7. The molecule has 24 heavy (non-hydrogen) atoms. The molecule has 2 amide bonds. The molecule has 0 bridgehead atoms. The zero-order chi connectivity index (χ0) is 17.7. The molecule has 0 saturated heterocycles. The van der Waals surface area contributed by atoms with Crippen LogP contribution in [0.5, 0.6) is 0 Å². The first-order valence-corrected chi connectivity index (χ1v) is 8.27. The van der Waals surface area contributed by atoms with Gasteiger partial charge in [-0.1, -0.05) is 32.0 Å². The van der Waals surface area contributed by atoms with Crippen LogP contribution >= 0.6 is 0 Å². The van der Waals surface area contributed by atoms with Crippen molar-refractivity contribution in [2.75, 3.05) is 10.6 Å². The third-order valence-electron chi connectivity index (χ3n) is 3.62. The van der Waals surface area contributed by atoms with Gasteiger partial charge in [0.15, 0.2) is 0 Å². The van der Waals surface area contributed by atoms with E-state index in [-0.39, 0.29) is 12.1 Å². The fourth-order valence-corrected chi connectivity index (χ4v) is 2.44. The second kappa shape index (κ2) is 7.81. The number of anilines is 3. The average Bonchev–Trinajstić information content (AvgIpc) is 2.50. The SMILES string of the molecule is Cc1cccc(C(C)C)c1Nc1ccc(NC(=O)NC(C)C)nc1. The molecule has 0 aliphatic rings. The number of rotatable bonds is 5. The van der Waals surface area contributed by atoms with E-state index in [1.54, 1.807) is 12.3 Å². The van der Waals surface area contributed by atoms with Gasteiger partial charge in [0.2, 0.25) is 0 Å². The second-order valence-electron chi connectivity index (χ2n) is 6.50. The number of nitrogens with zero attached hydrogens (tertiary/aromatic N) is 1. The molecule has 1 heterocycles. The number of nitrogens with one attached hydrogen (secondary N) is 3. The Hall–Kier alpha value is -2.56. The van der Waals surface area contributed by atoms with E-state index in [4.69, 9.17) is 0 Å². The first-order valence-electron chi connectivity index (χ1n) is 8.27. The molecule has 1 aromatic carbocycles. The van der Waals surface area contributed by atoms with E-state index in [1.165, 1.54) is 11.1 Å². The number of carbonyl (C=O) groups excluding carboxylic acids is 1. The van der Waals surface area contributed by atoms with Gasteiger partial charge in [-0.05, 0) is 49.9 Å². The van der Waals surface area contributed by atoms with Gasteiger partial charge >= 0.3 is 6.03 Å². The normalized spacial score (nSPS) is 10.8. The summed E-state index contributed by atoms with van der Waals surface area (Å²) in [6.45, 7) is 10.3. The number of aryl methyl sites for hydroxylation is 1. The van der Waals surface area contributed by atoms with E-state index < -0.39 is 0 Å². The molecule has 0 aliphatic carbocycles. The molecule has 1 aromatic heterocycles. The van der Waals surface area contributed by atoms with Crippen LogP contribution in [-0.2, 0) is 0 Å². The number of hydrogen-bond acceptors (Lipinski definition) is 3. The van der Waals surface area contributed by atoms with Gasteiger partial charge in [-0.15, -0.1) is 0 Å². The first-order chi connectivity index (χ1) is 11.4. The summed E-state index contributed by atoms with van der Waals surface area (Å²) in [7, 11) is 0. The van der Waals surface area contributed by atoms with Crippen molar-refractivity contribution in [2.24, 2.45) is 0 Å². The lowest BCUT2D eigenvalue weighted by Crippen LogP contribution is -2.34. The van der Waals surface area contributed by atoms with Crippen molar-refractivity contribution in [3.05, 3.63) is 47.7 Å². The van der Waals surface area contributed by atoms with Gasteiger partial charge in [0.05, 0.1) is 11.9 Å². The minimum atomic E-state index is -0.251. The highest BCUT2D eigenvalue weighted by Gasteiger charge is 2.10. The number of benzene rings is 1. The Kier molecular flexibility index (Phi) is 5.79. The van der Waals surface area contributed by atoms with Crippen LogP contribution in [0.15, 0.2) is 36.5 Å². The van der Waals surface area contributed by atoms with E-state index in [2.05, 4.69) is 59.9 Å². The van der Waals surface area contributed by atoms with Crippen LogP contribution in [0, 0.1) is 6.92 Å². The Balaban J connectivity index is 2.11. The predicted octanol–water partition coefficient (Wildman–Crippen LogP) is 4.79. The lowest BCUT2D eigenvalue weighted by Gasteiger charge is -2.17. The quantitative estimate of drug-likeness (QED) is 0.740. The van der Waals surface area contributed by atoms with Crippen LogP contribution in [-0.4, -0.2) is 17.1 Å². The molecule has 0 fully saturated rings. The molecule has 5 nitrogen and oxygen atoms in total. The van der Waals surface area contributed by atoms with E-state index in [0.29, 0.717) is 11.7 Å². The molecule has 2 aromatic rings. The smallest absolute Gasteiger partial charge is 0.320 e. The second-order valence-corrected chi connectivity index (χ2v) is 6.50. The monoisotopic (exact) mass is 326 g/mol. The van der Waals surface area contributed by atoms with Crippen molar-refractivity contribution in [1.82, 2.24) is 10.3 Å². The van der Waals surface area contributed by atoms with Gasteiger partial charge in [-0.3, -0.25) is 5.32 Å². The van der Waals surface area contributed by atoms with E-state index >= 15 is 0 Å². The Labute approximate surface area is 143 Å². The molecule has 0 saturated carbocycles. The maximum absolute atomic E-state index is 11.7. The molecular formula is C19H26N4O. The number of hydrogen-bond donors (Lipinski definition) is 3. The molecule has 0 atom stereocenters. The van der Waals surface area contributed by atoms with Gasteiger partial charge in [-0.25, -0.2) is 9.78 Å². The van der Waals surface area contributed by atoms with Crippen molar-refractivity contribution in [1.29, 1.82) is 0 Å². The summed E-state index contributed by atoms with van der Waals surface area (Å²) in [5.74, 6) is 0.952. The van der Waals surface area contributed by atoms with Crippen LogP contribution in [0.1, 0.15) is 44.7 Å². The number of aromatic nitrogens is 1. The minimum absolute atomic E-state index is 0.0847. The van der Waals surface area contributed by atoms with E-state index in [0.717, 1.165) is 11.4 Å².